The van der Waals surface area contributed by atoms with Gasteiger partial charge in [-0.15, -0.1) is 0 Å². The minimum atomic E-state index is -0.291. The number of nitrogens with one attached hydrogen (secondary N) is 1. The third-order valence-corrected chi connectivity index (χ3v) is 3.22. The molecule has 1 aromatic heterocycles. The fourth-order valence-electron chi connectivity index (χ4n) is 2.06. The second kappa shape index (κ2) is 7.08. The Labute approximate surface area is 123 Å². The molecule has 6 heteroatoms. The monoisotopic (exact) mass is 293 g/mol. The Morgan fingerprint density at radius 1 is 1.38 bits per heavy atom. The Morgan fingerprint density at radius 2 is 2.19 bits per heavy atom. The van der Waals surface area contributed by atoms with Gasteiger partial charge in [-0.2, -0.15) is 5.10 Å². The molecule has 0 bridgehead atoms. The van der Waals surface area contributed by atoms with Gasteiger partial charge in [0.25, 0.3) is 0 Å². The topological polar surface area (TPSA) is 48.3 Å². The van der Waals surface area contributed by atoms with Gasteiger partial charge in [0.05, 0.1) is 38.2 Å². The Morgan fingerprint density at radius 3 is 2.86 bits per heavy atom. The molecule has 1 unspecified atom stereocenters. The number of nitrogens with zero attached hydrogens (tertiary/aromatic N) is 2. The largest absolute Gasteiger partial charge is 0.497 e. The molecule has 114 valence electrons. The molecule has 0 saturated heterocycles. The van der Waals surface area contributed by atoms with Crippen molar-refractivity contribution in [3.05, 3.63) is 42.0 Å². The zero-order valence-electron chi connectivity index (χ0n) is 12.5. The highest BCUT2D eigenvalue weighted by molar-refractivity contribution is 5.42. The van der Waals surface area contributed by atoms with E-state index >= 15 is 0 Å². The third-order valence-electron chi connectivity index (χ3n) is 3.22. The van der Waals surface area contributed by atoms with Crippen LogP contribution >= 0.6 is 0 Å². The molecule has 1 aromatic carbocycles. The summed E-state index contributed by atoms with van der Waals surface area (Å²) in [5, 5.41) is 7.44. The van der Waals surface area contributed by atoms with E-state index in [4.69, 9.17) is 9.47 Å². The zero-order chi connectivity index (χ0) is 15.2. The molecule has 0 aliphatic heterocycles. The van der Waals surface area contributed by atoms with Crippen molar-refractivity contribution in [1.29, 1.82) is 0 Å². The zero-order valence-corrected chi connectivity index (χ0v) is 12.5. The van der Waals surface area contributed by atoms with Gasteiger partial charge in [-0.1, -0.05) is 6.07 Å². The fourth-order valence-corrected chi connectivity index (χ4v) is 2.06. The van der Waals surface area contributed by atoms with E-state index in [9.17, 15) is 4.39 Å². The maximum atomic E-state index is 14.0. The average Bonchev–Trinajstić information content (AvgIpc) is 2.92. The summed E-state index contributed by atoms with van der Waals surface area (Å²) in [6.45, 7) is 3.19. The predicted molar refractivity (Wildman–Crippen MR) is 79.1 cm³/mol. The summed E-state index contributed by atoms with van der Waals surface area (Å²) >= 11 is 0. The van der Waals surface area contributed by atoms with Crippen LogP contribution in [0.2, 0.25) is 0 Å². The minimum Gasteiger partial charge on any atom is -0.497 e. The molecule has 0 saturated carbocycles. The molecule has 0 radical (unpaired) electrons. The first-order chi connectivity index (χ1) is 10.1. The number of hydrogen-bond acceptors (Lipinski definition) is 4. The predicted octanol–water partition coefficient (Wildman–Crippen LogP) is 2.85. The molecule has 1 atom stereocenters. The van der Waals surface area contributed by atoms with Crippen LogP contribution in [0.15, 0.2) is 30.6 Å². The number of ether oxygens (including phenoxy) is 2. The van der Waals surface area contributed by atoms with Crippen molar-refractivity contribution in [1.82, 2.24) is 9.78 Å². The van der Waals surface area contributed by atoms with Crippen LogP contribution in [0.1, 0.15) is 18.5 Å². The maximum absolute atomic E-state index is 14.0. The number of methoxy groups -OCH3 is 2. The van der Waals surface area contributed by atoms with Crippen LogP contribution in [-0.2, 0) is 11.3 Å². The molecule has 0 spiro atoms. The van der Waals surface area contributed by atoms with Gasteiger partial charge < -0.3 is 14.8 Å². The van der Waals surface area contributed by atoms with Gasteiger partial charge in [0, 0.05) is 24.9 Å². The normalized spacial score (nSPS) is 12.2. The summed E-state index contributed by atoms with van der Waals surface area (Å²) < 4.78 is 25.8. The maximum Gasteiger partial charge on any atom is 0.132 e. The van der Waals surface area contributed by atoms with Gasteiger partial charge >= 0.3 is 0 Å². The van der Waals surface area contributed by atoms with Crippen LogP contribution in [0.3, 0.4) is 0 Å². The van der Waals surface area contributed by atoms with E-state index in [1.165, 1.54) is 13.2 Å². The van der Waals surface area contributed by atoms with Crippen molar-refractivity contribution >= 4 is 5.69 Å². The van der Waals surface area contributed by atoms with Crippen molar-refractivity contribution in [3.8, 4) is 5.75 Å². The summed E-state index contributed by atoms with van der Waals surface area (Å²) in [5.74, 6) is 0.219. The number of hydrogen-bond donors (Lipinski definition) is 1. The van der Waals surface area contributed by atoms with Gasteiger partial charge in [0.1, 0.15) is 11.6 Å². The SMILES string of the molecule is COCCn1cc(NC(C)c2ccc(OC)cc2F)cn1. The molecule has 5 nitrogen and oxygen atoms in total. The van der Waals surface area contributed by atoms with Crippen LogP contribution in [0.25, 0.3) is 0 Å². The molecule has 1 heterocycles. The highest BCUT2D eigenvalue weighted by atomic mass is 19.1. The van der Waals surface area contributed by atoms with Crippen LogP contribution < -0.4 is 10.1 Å². The molecule has 1 N–H and O–H groups in total. The van der Waals surface area contributed by atoms with E-state index in [1.807, 2.05) is 13.1 Å². The van der Waals surface area contributed by atoms with Gasteiger partial charge in [0.2, 0.25) is 0 Å². The standard InChI is InChI=1S/C15H20FN3O2/c1-11(14-5-4-13(21-3)8-15(14)16)18-12-9-17-19(10-12)6-7-20-2/h4-5,8-11,18H,6-7H2,1-3H3. The quantitative estimate of drug-likeness (QED) is 0.853. The summed E-state index contributed by atoms with van der Waals surface area (Å²) in [7, 11) is 3.17. The number of anilines is 1. The highest BCUT2D eigenvalue weighted by Gasteiger charge is 2.12. The lowest BCUT2D eigenvalue weighted by Gasteiger charge is -2.15. The lowest BCUT2D eigenvalue weighted by molar-refractivity contribution is 0.183. The summed E-state index contributed by atoms with van der Waals surface area (Å²) in [6.07, 6.45) is 3.59. The Kier molecular flexibility index (Phi) is 5.16. The molecule has 0 fully saturated rings. The molecular weight excluding hydrogens is 273 g/mol. The first kappa shape index (κ1) is 15.3. The summed E-state index contributed by atoms with van der Waals surface area (Å²) in [6, 6.07) is 4.69. The molecule has 0 aliphatic carbocycles. The average molecular weight is 293 g/mol. The second-order valence-corrected chi connectivity index (χ2v) is 4.74. The van der Waals surface area contributed by atoms with Crippen LogP contribution in [0, 0.1) is 5.82 Å². The Balaban J connectivity index is 2.03. The smallest absolute Gasteiger partial charge is 0.132 e. The van der Waals surface area contributed by atoms with E-state index in [-0.39, 0.29) is 11.9 Å². The van der Waals surface area contributed by atoms with E-state index in [1.54, 1.807) is 30.1 Å². The van der Waals surface area contributed by atoms with E-state index in [0.29, 0.717) is 24.5 Å². The molecule has 2 rings (SSSR count). The molecule has 2 aromatic rings. The van der Waals surface area contributed by atoms with E-state index in [2.05, 4.69) is 10.4 Å². The first-order valence-corrected chi connectivity index (χ1v) is 6.75. The van der Waals surface area contributed by atoms with Gasteiger partial charge in [-0.25, -0.2) is 4.39 Å². The third kappa shape index (κ3) is 3.95. The van der Waals surface area contributed by atoms with Crippen LogP contribution in [0.5, 0.6) is 5.75 Å². The van der Waals surface area contributed by atoms with Crippen molar-refractivity contribution in [2.75, 3.05) is 26.1 Å². The number of rotatable bonds is 7. The Hall–Kier alpha value is -2.08. The van der Waals surface area contributed by atoms with Crippen LogP contribution in [0.4, 0.5) is 10.1 Å². The fraction of sp³-hybridized carbons (Fsp3) is 0.400. The Bertz CT molecular complexity index is 586. The minimum absolute atomic E-state index is 0.170. The number of aromatic nitrogens is 2. The van der Waals surface area contributed by atoms with Crippen molar-refractivity contribution in [2.45, 2.75) is 19.5 Å². The molecule has 0 aliphatic rings. The lowest BCUT2D eigenvalue weighted by Crippen LogP contribution is -2.08. The van der Waals surface area contributed by atoms with E-state index in [0.717, 1.165) is 5.69 Å². The highest BCUT2D eigenvalue weighted by Crippen LogP contribution is 2.24. The van der Waals surface area contributed by atoms with Gasteiger partial charge in [-0.3, -0.25) is 4.68 Å². The molecule has 0 amide bonds. The van der Waals surface area contributed by atoms with Crippen LogP contribution in [-0.4, -0.2) is 30.6 Å². The molecule has 21 heavy (non-hydrogen) atoms. The number of halogens is 1. The first-order valence-electron chi connectivity index (χ1n) is 6.75. The molecular formula is C15H20FN3O2. The van der Waals surface area contributed by atoms with E-state index < -0.39 is 0 Å². The van der Waals surface area contributed by atoms with Crippen molar-refractivity contribution in [2.24, 2.45) is 0 Å². The number of benzene rings is 1. The lowest BCUT2D eigenvalue weighted by atomic mass is 10.1. The van der Waals surface area contributed by atoms with Crippen molar-refractivity contribution < 1.29 is 13.9 Å². The second-order valence-electron chi connectivity index (χ2n) is 4.74. The van der Waals surface area contributed by atoms with Crippen molar-refractivity contribution in [3.63, 3.8) is 0 Å². The summed E-state index contributed by atoms with van der Waals surface area (Å²) in [5.41, 5.74) is 1.43. The van der Waals surface area contributed by atoms with Gasteiger partial charge in [0.15, 0.2) is 0 Å². The van der Waals surface area contributed by atoms with Gasteiger partial charge in [-0.05, 0) is 13.0 Å². The summed E-state index contributed by atoms with van der Waals surface area (Å²) in [4.78, 5) is 0.